The molecule has 0 aliphatic heterocycles. The Hall–Kier alpha value is -2.31. The van der Waals surface area contributed by atoms with Gasteiger partial charge in [0.05, 0.1) is 5.69 Å². The maximum absolute atomic E-state index is 13.8. The van der Waals surface area contributed by atoms with Crippen LogP contribution in [0.15, 0.2) is 18.2 Å². The van der Waals surface area contributed by atoms with Gasteiger partial charge in [0.15, 0.2) is 11.6 Å². The number of anilines is 3. The zero-order valence-electron chi connectivity index (χ0n) is 12.8. The van der Waals surface area contributed by atoms with Crippen LogP contribution < -0.4 is 10.6 Å². The van der Waals surface area contributed by atoms with Crippen LogP contribution in [0.4, 0.5) is 30.6 Å². The molecule has 1 aromatic heterocycles. The van der Waals surface area contributed by atoms with E-state index in [0.29, 0.717) is 24.0 Å². The molecule has 2 N–H and O–H groups in total. The molecule has 23 heavy (non-hydrogen) atoms. The molecule has 0 bridgehead atoms. The summed E-state index contributed by atoms with van der Waals surface area (Å²) in [7, 11) is 0. The predicted molar refractivity (Wildman–Crippen MR) is 82.4 cm³/mol. The number of hydrogen-bond acceptors (Lipinski definition) is 4. The second-order valence-electron chi connectivity index (χ2n) is 5.94. The summed E-state index contributed by atoms with van der Waals surface area (Å²) in [5, 5.41) is 5.68. The summed E-state index contributed by atoms with van der Waals surface area (Å²) in [5.74, 6) is -1.95. The third kappa shape index (κ3) is 3.72. The smallest absolute Gasteiger partial charge is 0.225 e. The number of halogens is 3. The molecular formula is C16H17F3N4. The van der Waals surface area contributed by atoms with E-state index in [4.69, 9.17) is 0 Å². The number of rotatable bonds is 5. The Morgan fingerprint density at radius 2 is 1.70 bits per heavy atom. The Kier molecular flexibility index (Phi) is 4.11. The largest absolute Gasteiger partial charge is 0.352 e. The van der Waals surface area contributed by atoms with Crippen LogP contribution in [-0.4, -0.2) is 16.0 Å². The molecule has 0 saturated heterocycles. The van der Waals surface area contributed by atoms with Gasteiger partial charge in [-0.3, -0.25) is 0 Å². The molecule has 3 rings (SSSR count). The van der Waals surface area contributed by atoms with Crippen LogP contribution in [0.2, 0.25) is 0 Å². The Morgan fingerprint density at radius 1 is 1.04 bits per heavy atom. The van der Waals surface area contributed by atoms with Crippen molar-refractivity contribution in [3.05, 3.63) is 41.3 Å². The summed E-state index contributed by atoms with van der Waals surface area (Å²) >= 11 is 0. The molecule has 2 aromatic rings. The molecule has 4 nitrogen and oxygen atoms in total. The van der Waals surface area contributed by atoms with Gasteiger partial charge in [-0.05, 0) is 26.7 Å². The van der Waals surface area contributed by atoms with E-state index < -0.39 is 23.1 Å². The lowest BCUT2D eigenvalue weighted by Gasteiger charge is -2.13. The van der Waals surface area contributed by atoms with Gasteiger partial charge in [0.25, 0.3) is 0 Å². The summed E-state index contributed by atoms with van der Waals surface area (Å²) in [5.41, 5.74) is 0.399. The van der Waals surface area contributed by atoms with Crippen molar-refractivity contribution in [1.82, 2.24) is 9.97 Å². The molecule has 122 valence electrons. The van der Waals surface area contributed by atoms with Crippen LogP contribution in [0.25, 0.3) is 0 Å². The van der Waals surface area contributed by atoms with Crippen molar-refractivity contribution in [2.75, 3.05) is 10.6 Å². The van der Waals surface area contributed by atoms with E-state index in [-0.39, 0.29) is 11.9 Å². The molecule has 0 amide bonds. The third-order valence-corrected chi connectivity index (χ3v) is 3.42. The summed E-state index contributed by atoms with van der Waals surface area (Å²) in [6.45, 7) is 3.89. The third-order valence-electron chi connectivity index (χ3n) is 3.42. The normalized spacial score (nSPS) is 14.2. The lowest BCUT2D eigenvalue weighted by molar-refractivity contribution is 0.548. The summed E-state index contributed by atoms with van der Waals surface area (Å²) in [6, 6.07) is 3.05. The molecule has 0 spiro atoms. The molecule has 1 fully saturated rings. The number of hydrogen-bond donors (Lipinski definition) is 2. The van der Waals surface area contributed by atoms with Gasteiger partial charge >= 0.3 is 0 Å². The fourth-order valence-electron chi connectivity index (χ4n) is 2.23. The van der Waals surface area contributed by atoms with Crippen molar-refractivity contribution in [2.24, 2.45) is 0 Å². The Balaban J connectivity index is 1.94. The van der Waals surface area contributed by atoms with Crippen LogP contribution >= 0.6 is 0 Å². The first kappa shape index (κ1) is 15.6. The fourth-order valence-corrected chi connectivity index (χ4v) is 2.23. The van der Waals surface area contributed by atoms with Gasteiger partial charge in [-0.15, -0.1) is 0 Å². The van der Waals surface area contributed by atoms with Crippen LogP contribution in [0.1, 0.15) is 38.3 Å². The minimum atomic E-state index is -1.01. The molecule has 1 aliphatic rings. The van der Waals surface area contributed by atoms with E-state index in [2.05, 4.69) is 20.6 Å². The summed E-state index contributed by atoms with van der Waals surface area (Å²) < 4.78 is 40.5. The number of nitrogens with zero attached hydrogens (tertiary/aromatic N) is 2. The zero-order chi connectivity index (χ0) is 16.6. The van der Waals surface area contributed by atoms with Gasteiger partial charge in [-0.2, -0.15) is 4.98 Å². The van der Waals surface area contributed by atoms with Gasteiger partial charge in [0.2, 0.25) is 5.95 Å². The van der Waals surface area contributed by atoms with Crippen molar-refractivity contribution in [3.8, 4) is 0 Å². The van der Waals surface area contributed by atoms with E-state index in [1.165, 1.54) is 0 Å². The molecule has 1 aromatic carbocycles. The number of benzene rings is 1. The second-order valence-corrected chi connectivity index (χ2v) is 5.94. The van der Waals surface area contributed by atoms with Crippen LogP contribution in [0, 0.1) is 17.5 Å². The molecule has 0 atom stereocenters. The first-order valence-corrected chi connectivity index (χ1v) is 7.49. The van der Waals surface area contributed by atoms with Gasteiger partial charge in [-0.1, -0.05) is 0 Å². The average Bonchev–Trinajstić information content (AvgIpc) is 3.26. The van der Waals surface area contributed by atoms with Crippen LogP contribution in [-0.2, 0) is 0 Å². The first-order valence-electron chi connectivity index (χ1n) is 7.49. The topological polar surface area (TPSA) is 49.8 Å². The zero-order valence-corrected chi connectivity index (χ0v) is 12.8. The van der Waals surface area contributed by atoms with E-state index in [1.54, 1.807) is 6.07 Å². The van der Waals surface area contributed by atoms with Gasteiger partial charge < -0.3 is 10.6 Å². The number of nitrogens with one attached hydrogen (secondary N) is 2. The summed E-state index contributed by atoms with van der Waals surface area (Å²) in [6.07, 6.45) is 2.08. The van der Waals surface area contributed by atoms with Gasteiger partial charge in [0.1, 0.15) is 17.3 Å². The maximum Gasteiger partial charge on any atom is 0.225 e. The minimum absolute atomic E-state index is 0.122. The molecule has 0 radical (unpaired) electrons. The highest BCUT2D eigenvalue weighted by molar-refractivity contribution is 5.59. The Bertz CT molecular complexity index is 706. The second kappa shape index (κ2) is 6.06. The fraction of sp³-hybridized carbons (Fsp3) is 0.375. The predicted octanol–water partition coefficient (Wildman–Crippen LogP) is 4.34. The highest BCUT2D eigenvalue weighted by Crippen LogP contribution is 2.40. The highest BCUT2D eigenvalue weighted by Gasteiger charge is 2.26. The standard InChI is InChI=1S/C16H17F3N4/c1-8(2)20-16-21-13(9-3-4-9)7-14(23-16)22-15-11(18)5-10(17)6-12(15)19/h5-9H,3-4H2,1-2H3,(H2,20,21,22,23). The van der Waals surface area contributed by atoms with Crippen molar-refractivity contribution in [2.45, 2.75) is 38.6 Å². The molecule has 0 unspecified atom stereocenters. The molecular weight excluding hydrogens is 305 g/mol. The average molecular weight is 322 g/mol. The SMILES string of the molecule is CC(C)Nc1nc(Nc2c(F)cc(F)cc2F)cc(C2CC2)n1. The highest BCUT2D eigenvalue weighted by atomic mass is 19.1. The maximum atomic E-state index is 13.8. The molecule has 1 heterocycles. The molecule has 7 heteroatoms. The number of aromatic nitrogens is 2. The molecule has 1 saturated carbocycles. The van der Waals surface area contributed by atoms with Crippen molar-refractivity contribution >= 4 is 17.5 Å². The van der Waals surface area contributed by atoms with Crippen molar-refractivity contribution in [3.63, 3.8) is 0 Å². The Morgan fingerprint density at radius 3 is 2.26 bits per heavy atom. The van der Waals surface area contributed by atoms with Crippen LogP contribution in [0.5, 0.6) is 0 Å². The Labute approximate surface area is 132 Å². The molecule has 1 aliphatic carbocycles. The summed E-state index contributed by atoms with van der Waals surface area (Å²) in [4.78, 5) is 8.65. The monoisotopic (exact) mass is 322 g/mol. The van der Waals surface area contributed by atoms with Crippen LogP contribution in [0.3, 0.4) is 0 Å². The lowest BCUT2D eigenvalue weighted by Crippen LogP contribution is -2.14. The first-order chi connectivity index (χ1) is 10.9. The quantitative estimate of drug-likeness (QED) is 0.860. The van der Waals surface area contributed by atoms with Crippen molar-refractivity contribution < 1.29 is 13.2 Å². The van der Waals surface area contributed by atoms with E-state index >= 15 is 0 Å². The van der Waals surface area contributed by atoms with E-state index in [1.807, 2.05) is 13.8 Å². The van der Waals surface area contributed by atoms with E-state index in [0.717, 1.165) is 18.5 Å². The minimum Gasteiger partial charge on any atom is -0.352 e. The van der Waals surface area contributed by atoms with Crippen molar-refractivity contribution in [1.29, 1.82) is 0 Å². The lowest BCUT2D eigenvalue weighted by atomic mass is 10.2. The van der Waals surface area contributed by atoms with E-state index in [9.17, 15) is 13.2 Å². The van der Waals surface area contributed by atoms with Gasteiger partial charge in [0, 0.05) is 30.2 Å². The van der Waals surface area contributed by atoms with Gasteiger partial charge in [-0.25, -0.2) is 18.2 Å².